The zero-order valence-electron chi connectivity index (χ0n) is 13.4. The third-order valence-corrected chi connectivity index (χ3v) is 5.14. The van der Waals surface area contributed by atoms with Gasteiger partial charge in [-0.1, -0.05) is 59.3 Å². The van der Waals surface area contributed by atoms with Crippen molar-refractivity contribution >= 4 is 17.0 Å². The number of halogens is 2. The second-order valence-corrected chi connectivity index (χ2v) is 9.82. The van der Waals surface area contributed by atoms with Gasteiger partial charge in [-0.2, -0.15) is 0 Å². The Morgan fingerprint density at radius 3 is 1.63 bits per heavy atom. The summed E-state index contributed by atoms with van der Waals surface area (Å²) in [5.74, 6) is 5.12. The van der Waals surface area contributed by atoms with Crippen molar-refractivity contribution in [2.45, 2.75) is 59.3 Å². The van der Waals surface area contributed by atoms with Crippen molar-refractivity contribution in [3.8, 4) is 0 Å². The first-order valence-electron chi connectivity index (χ1n) is 7.08. The molecule has 0 spiro atoms. The summed E-state index contributed by atoms with van der Waals surface area (Å²) in [4.78, 5) is 0. The van der Waals surface area contributed by atoms with E-state index in [0.29, 0.717) is 0 Å². The van der Waals surface area contributed by atoms with Gasteiger partial charge in [-0.05, 0) is 29.6 Å². The van der Waals surface area contributed by atoms with E-state index >= 15 is 0 Å². The van der Waals surface area contributed by atoms with Crippen LogP contribution in [0.5, 0.6) is 0 Å². The molecule has 0 saturated heterocycles. The zero-order chi connectivity index (χ0) is 12.8. The molecule has 0 aromatic carbocycles. The number of hydrogen-bond acceptors (Lipinski definition) is 0. The van der Waals surface area contributed by atoms with Gasteiger partial charge in [0.1, 0.15) is 0 Å². The molecule has 0 aromatic rings. The molecule has 2 aliphatic carbocycles. The van der Waals surface area contributed by atoms with Gasteiger partial charge < -0.3 is 14.9 Å². The van der Waals surface area contributed by atoms with Crippen LogP contribution in [0.1, 0.15) is 59.3 Å². The Hall–Kier alpha value is 1.46. The van der Waals surface area contributed by atoms with Crippen molar-refractivity contribution in [2.24, 2.45) is 29.6 Å². The first-order chi connectivity index (χ1) is 8.11. The van der Waals surface area contributed by atoms with Gasteiger partial charge in [0.15, 0.2) is 0 Å². The predicted molar refractivity (Wildman–Crippen MR) is 86.7 cm³/mol. The molecule has 2 aliphatic rings. The van der Waals surface area contributed by atoms with Crippen LogP contribution in [-0.2, 0) is 20.8 Å². The van der Waals surface area contributed by atoms with Crippen molar-refractivity contribution in [2.75, 3.05) is 0 Å². The van der Waals surface area contributed by atoms with E-state index in [4.69, 9.17) is 17.0 Å². The van der Waals surface area contributed by atoms with Crippen LogP contribution in [0.4, 0.5) is 0 Å². The van der Waals surface area contributed by atoms with Crippen LogP contribution in [0.15, 0.2) is 0 Å². The molecule has 0 heterocycles. The van der Waals surface area contributed by atoms with E-state index in [2.05, 4.69) is 20.8 Å². The molecule has 2 saturated carbocycles. The summed E-state index contributed by atoms with van der Waals surface area (Å²) in [6, 6.07) is 0. The van der Waals surface area contributed by atoms with Crippen LogP contribution in [0.25, 0.3) is 0 Å². The van der Waals surface area contributed by atoms with Crippen molar-refractivity contribution in [1.82, 2.24) is 0 Å². The van der Waals surface area contributed by atoms with Gasteiger partial charge in [-0.3, -0.25) is 0 Å². The molecule has 0 aromatic heterocycles. The van der Waals surface area contributed by atoms with Crippen LogP contribution < -0.4 is 0 Å². The molecule has 114 valence electrons. The molecule has 0 aliphatic heterocycles. The number of hydrogen-bond donors (Lipinski definition) is 0. The third-order valence-electron chi connectivity index (χ3n) is 5.14. The van der Waals surface area contributed by atoms with Gasteiger partial charge in [0.2, 0.25) is 0 Å². The van der Waals surface area contributed by atoms with Gasteiger partial charge in [0.05, 0.1) is 0 Å². The first kappa shape index (κ1) is 22.7. The summed E-state index contributed by atoms with van der Waals surface area (Å²) in [5, 5.41) is 0. The van der Waals surface area contributed by atoms with Gasteiger partial charge in [-0.15, -0.1) is 0 Å². The Morgan fingerprint density at radius 2 is 1.26 bits per heavy atom. The van der Waals surface area contributed by atoms with Crippen LogP contribution >= 0.6 is 17.0 Å². The van der Waals surface area contributed by atoms with Gasteiger partial charge in [0, 0.05) is 0 Å². The molecule has 0 N–H and O–H groups in total. The van der Waals surface area contributed by atoms with E-state index in [1.807, 2.05) is 0 Å². The van der Waals surface area contributed by atoms with Crippen LogP contribution in [0, 0.1) is 44.4 Å². The summed E-state index contributed by atoms with van der Waals surface area (Å²) in [6.45, 7) is 7.51. The van der Waals surface area contributed by atoms with E-state index in [0.717, 1.165) is 29.6 Å². The fourth-order valence-electron chi connectivity index (χ4n) is 4.31. The molecule has 2 fully saturated rings. The van der Waals surface area contributed by atoms with Gasteiger partial charge >= 0.3 is 37.9 Å². The van der Waals surface area contributed by atoms with E-state index in [1.54, 1.807) is 0 Å². The minimum atomic E-state index is -0.826. The Labute approximate surface area is 141 Å². The second kappa shape index (κ2) is 12.1. The maximum absolute atomic E-state index is 4.93. The molecule has 3 unspecified atom stereocenters. The van der Waals surface area contributed by atoms with Crippen molar-refractivity contribution in [3.63, 3.8) is 0 Å². The van der Waals surface area contributed by atoms with E-state index in [-0.39, 0.29) is 14.9 Å². The second-order valence-electron chi connectivity index (χ2n) is 6.08. The molecule has 0 radical (unpaired) electrons. The van der Waals surface area contributed by atoms with Crippen molar-refractivity contribution in [3.05, 3.63) is 14.9 Å². The Balaban J connectivity index is 0. The van der Waals surface area contributed by atoms with E-state index < -0.39 is 20.8 Å². The average molecular weight is 387 g/mol. The Morgan fingerprint density at radius 1 is 0.895 bits per heavy atom. The normalized spacial score (nSPS) is 31.3. The third kappa shape index (κ3) is 6.84. The van der Waals surface area contributed by atoms with Crippen LogP contribution in [-0.4, -0.2) is 0 Å². The average Bonchev–Trinajstić information content (AvgIpc) is 2.89. The summed E-state index contributed by atoms with van der Waals surface area (Å²) < 4.78 is 0. The molecular weight excluding hydrogens is 354 g/mol. The zero-order valence-corrected chi connectivity index (χ0v) is 17.4. The molecule has 3 atom stereocenters. The minimum absolute atomic E-state index is 0. The van der Waals surface area contributed by atoms with Gasteiger partial charge in [0.25, 0.3) is 0 Å². The molecule has 2 rings (SSSR count). The summed E-state index contributed by atoms with van der Waals surface area (Å²) in [7, 11) is 9.87. The molecule has 0 amide bonds. The standard InChI is InChI=1S/C14H26.2CH3.2ClH.Zr/c1-10-8-9-11(2)14(10)12(3)13-6-4-5-7-13;;;;;/h10-14H,4-9H2,1-3H3;2*1H3;2*1H;/q;2*-1;;;+4/p-2. The Kier molecular flexibility index (Phi) is 14.4. The maximum atomic E-state index is 4.93. The first-order valence-corrected chi connectivity index (χ1v) is 13.4. The van der Waals surface area contributed by atoms with E-state index in [1.165, 1.54) is 38.5 Å². The summed E-state index contributed by atoms with van der Waals surface area (Å²) in [5.41, 5.74) is 0. The van der Waals surface area contributed by atoms with Crippen molar-refractivity contribution < 1.29 is 20.8 Å². The van der Waals surface area contributed by atoms with Crippen LogP contribution in [0.3, 0.4) is 0 Å². The molecule has 0 bridgehead atoms. The van der Waals surface area contributed by atoms with Crippen molar-refractivity contribution in [1.29, 1.82) is 0 Å². The summed E-state index contributed by atoms with van der Waals surface area (Å²) >= 11 is -0.826. The van der Waals surface area contributed by atoms with Gasteiger partial charge in [-0.25, -0.2) is 0 Å². The van der Waals surface area contributed by atoms with Crippen LogP contribution in [0.2, 0.25) is 0 Å². The monoisotopic (exact) mass is 384 g/mol. The quantitative estimate of drug-likeness (QED) is 0.459. The fourth-order valence-corrected chi connectivity index (χ4v) is 4.31. The summed E-state index contributed by atoms with van der Waals surface area (Å²) in [6.07, 6.45) is 9.04. The molecule has 0 nitrogen and oxygen atoms in total. The van der Waals surface area contributed by atoms with E-state index in [9.17, 15) is 0 Å². The molecule has 3 heteroatoms. The number of rotatable bonds is 2. The fraction of sp³-hybridized carbons (Fsp3) is 0.875. The molecule has 19 heavy (non-hydrogen) atoms. The topological polar surface area (TPSA) is 0 Å². The Bertz CT molecular complexity index is 195. The molecular formula is C16H32Cl2Zr. The SMILES string of the molecule is CC1CCC(C)C1C(C)C1CCCC1.[CH3-].[CH3-].[Cl][Zr+2][Cl]. The predicted octanol–water partition coefficient (Wildman–Crippen LogP) is 6.77.